The van der Waals surface area contributed by atoms with Crippen molar-refractivity contribution in [2.45, 2.75) is 26.4 Å². The van der Waals surface area contributed by atoms with Crippen molar-refractivity contribution in [1.29, 1.82) is 0 Å². The van der Waals surface area contributed by atoms with Crippen LogP contribution in [0.4, 0.5) is 0 Å². The second kappa shape index (κ2) is 5.43. The summed E-state index contributed by atoms with van der Waals surface area (Å²) in [7, 11) is 0. The van der Waals surface area contributed by atoms with Crippen molar-refractivity contribution in [3.05, 3.63) is 43.7 Å². The number of rotatable bonds is 4. The average Bonchev–Trinajstić information content (AvgIpc) is 3.04. The molecule has 0 amide bonds. The van der Waals surface area contributed by atoms with Crippen LogP contribution in [0.5, 0.6) is 0 Å². The standard InChI is InChI=1S/C13H14N4OS2/c1-7-5-15-13(20-7)8(2)14-6-10-16-9-3-4-19-11(9)12(18)17-10/h3-5,8,14H,6H2,1-2H3,(H,16,17,18). The number of thiophene rings is 1. The molecular weight excluding hydrogens is 292 g/mol. The lowest BCUT2D eigenvalue weighted by molar-refractivity contribution is 0.557. The van der Waals surface area contributed by atoms with Gasteiger partial charge in [0.15, 0.2) is 0 Å². The molecule has 0 saturated carbocycles. The molecule has 0 fully saturated rings. The Morgan fingerprint density at radius 2 is 2.35 bits per heavy atom. The van der Waals surface area contributed by atoms with Crippen LogP contribution in [0.1, 0.15) is 28.7 Å². The summed E-state index contributed by atoms with van der Waals surface area (Å²) in [6.07, 6.45) is 1.87. The van der Waals surface area contributed by atoms with Crippen molar-refractivity contribution >= 4 is 32.9 Å². The fourth-order valence-corrected chi connectivity index (χ4v) is 3.44. The van der Waals surface area contributed by atoms with Gasteiger partial charge in [0.05, 0.1) is 18.1 Å². The molecule has 0 radical (unpaired) electrons. The molecule has 3 heterocycles. The number of nitrogens with one attached hydrogen (secondary N) is 2. The van der Waals surface area contributed by atoms with Gasteiger partial charge < -0.3 is 10.3 Å². The molecule has 3 aromatic rings. The van der Waals surface area contributed by atoms with E-state index >= 15 is 0 Å². The number of fused-ring (bicyclic) bond motifs is 1. The molecule has 0 aromatic carbocycles. The SMILES string of the molecule is Cc1cnc(C(C)NCc2nc3ccsc3c(=O)[nH]2)s1. The highest BCUT2D eigenvalue weighted by Crippen LogP contribution is 2.19. The van der Waals surface area contributed by atoms with Crippen LogP contribution in [0.25, 0.3) is 10.2 Å². The molecule has 1 atom stereocenters. The van der Waals surface area contributed by atoms with Gasteiger partial charge in [0.25, 0.3) is 5.56 Å². The van der Waals surface area contributed by atoms with Gasteiger partial charge in [0.1, 0.15) is 15.5 Å². The predicted molar refractivity (Wildman–Crippen MR) is 82.3 cm³/mol. The molecule has 2 N–H and O–H groups in total. The van der Waals surface area contributed by atoms with Crippen LogP contribution in [0.3, 0.4) is 0 Å². The van der Waals surface area contributed by atoms with Crippen molar-refractivity contribution in [3.8, 4) is 0 Å². The minimum absolute atomic E-state index is 0.0699. The van der Waals surface area contributed by atoms with Gasteiger partial charge >= 0.3 is 0 Å². The number of nitrogens with zero attached hydrogens (tertiary/aromatic N) is 2. The van der Waals surface area contributed by atoms with E-state index in [9.17, 15) is 4.79 Å². The van der Waals surface area contributed by atoms with Gasteiger partial charge in [-0.2, -0.15) is 0 Å². The number of aromatic amines is 1. The molecule has 0 bridgehead atoms. The first kappa shape index (κ1) is 13.4. The van der Waals surface area contributed by atoms with Crippen LogP contribution in [0, 0.1) is 6.92 Å². The first-order valence-corrected chi connectivity index (χ1v) is 7.95. The van der Waals surface area contributed by atoms with E-state index in [4.69, 9.17) is 0 Å². The summed E-state index contributed by atoms with van der Waals surface area (Å²) in [6.45, 7) is 4.61. The van der Waals surface area contributed by atoms with E-state index in [-0.39, 0.29) is 11.6 Å². The van der Waals surface area contributed by atoms with Gasteiger partial charge in [-0.3, -0.25) is 4.79 Å². The lowest BCUT2D eigenvalue weighted by Gasteiger charge is -2.10. The monoisotopic (exact) mass is 306 g/mol. The highest BCUT2D eigenvalue weighted by molar-refractivity contribution is 7.17. The first-order valence-electron chi connectivity index (χ1n) is 6.25. The third-order valence-corrected chi connectivity index (χ3v) is 4.95. The minimum atomic E-state index is -0.0699. The van der Waals surface area contributed by atoms with E-state index in [0.717, 1.165) is 10.5 Å². The number of hydrogen-bond acceptors (Lipinski definition) is 6. The lowest BCUT2D eigenvalue weighted by Crippen LogP contribution is -2.21. The average molecular weight is 306 g/mol. The normalized spacial score (nSPS) is 12.9. The van der Waals surface area contributed by atoms with Crippen LogP contribution in [0.2, 0.25) is 0 Å². The second-order valence-corrected chi connectivity index (χ2v) is 6.74. The van der Waals surface area contributed by atoms with Crippen molar-refractivity contribution < 1.29 is 0 Å². The van der Waals surface area contributed by atoms with Crippen molar-refractivity contribution in [1.82, 2.24) is 20.3 Å². The van der Waals surface area contributed by atoms with Crippen molar-refractivity contribution in [3.63, 3.8) is 0 Å². The van der Waals surface area contributed by atoms with Crippen LogP contribution in [-0.2, 0) is 6.54 Å². The zero-order chi connectivity index (χ0) is 14.1. The number of aryl methyl sites for hydroxylation is 1. The Morgan fingerprint density at radius 1 is 1.50 bits per heavy atom. The van der Waals surface area contributed by atoms with Crippen LogP contribution >= 0.6 is 22.7 Å². The molecule has 1 unspecified atom stereocenters. The quantitative estimate of drug-likeness (QED) is 0.777. The van der Waals surface area contributed by atoms with Crippen LogP contribution < -0.4 is 10.9 Å². The Bertz CT molecular complexity index is 789. The van der Waals surface area contributed by atoms with E-state index in [2.05, 4.69) is 27.2 Å². The maximum Gasteiger partial charge on any atom is 0.268 e. The van der Waals surface area contributed by atoms with Gasteiger partial charge in [-0.05, 0) is 25.3 Å². The fraction of sp³-hybridized carbons (Fsp3) is 0.308. The Labute approximate surface area is 123 Å². The maximum atomic E-state index is 11.9. The van der Waals surface area contributed by atoms with Crippen molar-refractivity contribution in [2.24, 2.45) is 0 Å². The summed E-state index contributed by atoms with van der Waals surface area (Å²) in [5, 5.41) is 6.25. The summed E-state index contributed by atoms with van der Waals surface area (Å²) in [5.74, 6) is 0.654. The van der Waals surface area contributed by atoms with Gasteiger partial charge in [-0.25, -0.2) is 9.97 Å². The van der Waals surface area contributed by atoms with E-state index in [1.807, 2.05) is 24.6 Å². The van der Waals surface area contributed by atoms with E-state index < -0.39 is 0 Å². The Morgan fingerprint density at radius 3 is 3.10 bits per heavy atom. The van der Waals surface area contributed by atoms with Crippen molar-refractivity contribution in [2.75, 3.05) is 0 Å². The van der Waals surface area contributed by atoms with Gasteiger partial charge in [0.2, 0.25) is 0 Å². The topological polar surface area (TPSA) is 70.7 Å². The van der Waals surface area contributed by atoms with E-state index in [0.29, 0.717) is 17.1 Å². The molecule has 104 valence electrons. The summed E-state index contributed by atoms with van der Waals surface area (Å²) in [4.78, 5) is 24.7. The smallest absolute Gasteiger partial charge is 0.268 e. The maximum absolute atomic E-state index is 11.9. The Balaban J connectivity index is 1.75. The lowest BCUT2D eigenvalue weighted by atomic mass is 10.3. The molecule has 3 rings (SSSR count). The minimum Gasteiger partial charge on any atom is -0.308 e. The van der Waals surface area contributed by atoms with Gasteiger partial charge in [-0.1, -0.05) is 0 Å². The summed E-state index contributed by atoms with van der Waals surface area (Å²) >= 11 is 3.09. The number of aromatic nitrogens is 3. The van der Waals surface area contributed by atoms with Crippen LogP contribution in [0.15, 0.2) is 22.4 Å². The molecule has 0 saturated heterocycles. The fourth-order valence-electron chi connectivity index (χ4n) is 1.91. The second-order valence-electron chi connectivity index (χ2n) is 4.56. The third-order valence-electron chi connectivity index (χ3n) is 2.95. The molecule has 0 aliphatic carbocycles. The molecule has 0 aliphatic rings. The Hall–Kier alpha value is -1.57. The molecule has 0 aliphatic heterocycles. The molecule has 20 heavy (non-hydrogen) atoms. The third kappa shape index (κ3) is 2.65. The van der Waals surface area contributed by atoms with E-state index in [1.165, 1.54) is 16.2 Å². The highest BCUT2D eigenvalue weighted by Gasteiger charge is 2.10. The van der Waals surface area contributed by atoms with E-state index in [1.54, 1.807) is 11.3 Å². The number of thiazole rings is 1. The first-order chi connectivity index (χ1) is 9.63. The summed E-state index contributed by atoms with van der Waals surface area (Å²) in [5.41, 5.74) is 0.688. The number of hydrogen-bond donors (Lipinski definition) is 2. The van der Waals surface area contributed by atoms with Gasteiger partial charge in [-0.15, -0.1) is 22.7 Å². The Kier molecular flexibility index (Phi) is 3.64. The molecular formula is C13H14N4OS2. The largest absolute Gasteiger partial charge is 0.308 e. The zero-order valence-corrected chi connectivity index (χ0v) is 12.8. The zero-order valence-electron chi connectivity index (χ0n) is 11.1. The molecule has 7 heteroatoms. The van der Waals surface area contributed by atoms with Gasteiger partial charge in [0, 0.05) is 11.1 Å². The van der Waals surface area contributed by atoms with Crippen LogP contribution in [-0.4, -0.2) is 15.0 Å². The molecule has 5 nitrogen and oxygen atoms in total. The summed E-state index contributed by atoms with van der Waals surface area (Å²) < 4.78 is 0.678. The highest BCUT2D eigenvalue weighted by atomic mass is 32.1. The number of H-pyrrole nitrogens is 1. The predicted octanol–water partition coefficient (Wildman–Crippen LogP) is 2.60. The summed E-state index contributed by atoms with van der Waals surface area (Å²) in [6, 6.07) is 2.00. The molecule has 3 aromatic heterocycles. The molecule has 0 spiro atoms.